The average Bonchev–Trinajstić information content (AvgIpc) is 2.27. The molecule has 1 aromatic carbocycles. The summed E-state index contributed by atoms with van der Waals surface area (Å²) in [5, 5.41) is 0. The van der Waals surface area contributed by atoms with E-state index in [1.54, 1.807) is 20.8 Å². The van der Waals surface area contributed by atoms with Crippen LogP contribution in [0.25, 0.3) is 0 Å². The van der Waals surface area contributed by atoms with E-state index in [1.807, 2.05) is 0 Å². The number of nitrogens with zero attached hydrogens (tertiary/aromatic N) is 1. The molecule has 0 aliphatic rings. The molecular formula is C12H16FN3O3. The van der Waals surface area contributed by atoms with Crippen molar-refractivity contribution in [2.24, 2.45) is 10.7 Å². The molecule has 1 aromatic rings. The lowest BCUT2D eigenvalue weighted by Crippen LogP contribution is -2.35. The van der Waals surface area contributed by atoms with Gasteiger partial charge >= 0.3 is 6.16 Å². The molecule has 0 aliphatic heterocycles. The number of ether oxygens (including phenoxy) is 1. The second-order valence-electron chi connectivity index (χ2n) is 4.64. The van der Waals surface area contributed by atoms with Crippen LogP contribution in [0, 0.1) is 5.82 Å². The number of halogens is 1. The average molecular weight is 269 g/mol. The van der Waals surface area contributed by atoms with Crippen LogP contribution in [-0.2, 0) is 9.57 Å². The molecule has 0 spiro atoms. The van der Waals surface area contributed by atoms with Crippen molar-refractivity contribution in [3.63, 3.8) is 0 Å². The molecule has 6 nitrogen and oxygen atoms in total. The van der Waals surface area contributed by atoms with E-state index in [2.05, 4.69) is 15.3 Å². The fourth-order valence-electron chi connectivity index (χ4n) is 1.04. The van der Waals surface area contributed by atoms with E-state index >= 15 is 0 Å². The van der Waals surface area contributed by atoms with Crippen LogP contribution in [0.5, 0.6) is 0 Å². The zero-order chi connectivity index (χ0) is 14.5. The van der Waals surface area contributed by atoms with Crippen LogP contribution < -0.4 is 11.2 Å². The lowest BCUT2D eigenvalue weighted by atomic mass is 10.2. The van der Waals surface area contributed by atoms with Gasteiger partial charge in [0.25, 0.3) is 0 Å². The van der Waals surface area contributed by atoms with Gasteiger partial charge in [-0.05, 0) is 45.0 Å². The third kappa shape index (κ3) is 6.25. The highest BCUT2D eigenvalue weighted by Gasteiger charge is 2.17. The smallest absolute Gasteiger partial charge is 0.427 e. The summed E-state index contributed by atoms with van der Waals surface area (Å²) >= 11 is 0. The lowest BCUT2D eigenvalue weighted by molar-refractivity contribution is -0.0200. The molecule has 0 amide bonds. The number of guanidine groups is 1. The molecule has 0 aliphatic carbocycles. The van der Waals surface area contributed by atoms with Crippen molar-refractivity contribution in [3.8, 4) is 0 Å². The molecule has 0 unspecified atom stereocenters. The van der Waals surface area contributed by atoms with E-state index in [0.717, 1.165) is 0 Å². The van der Waals surface area contributed by atoms with E-state index < -0.39 is 11.8 Å². The van der Waals surface area contributed by atoms with E-state index in [9.17, 15) is 9.18 Å². The number of aliphatic imine (C=N–C) groups is 1. The van der Waals surface area contributed by atoms with E-state index in [-0.39, 0.29) is 11.8 Å². The Balaban J connectivity index is 2.49. The summed E-state index contributed by atoms with van der Waals surface area (Å²) in [6.07, 6.45) is -0.926. The quantitative estimate of drug-likeness (QED) is 0.353. The van der Waals surface area contributed by atoms with Crippen molar-refractivity contribution < 1.29 is 18.8 Å². The van der Waals surface area contributed by atoms with Crippen molar-refractivity contribution in [1.29, 1.82) is 0 Å². The standard InChI is InChI=1S/C12H16FN3O3/c1-12(2,3)18-11(17)19-16-10(14)15-9-6-4-8(13)5-7-9/h4-7H,1-3H3,(H3,14,15,16). The second kappa shape index (κ2) is 6.03. The van der Waals surface area contributed by atoms with Gasteiger partial charge in [-0.3, -0.25) is 0 Å². The third-order valence-electron chi connectivity index (χ3n) is 1.70. The van der Waals surface area contributed by atoms with E-state index in [4.69, 9.17) is 10.5 Å². The molecule has 0 atom stereocenters. The summed E-state index contributed by atoms with van der Waals surface area (Å²) in [7, 11) is 0. The molecule has 0 saturated carbocycles. The predicted octanol–water partition coefficient (Wildman–Crippen LogP) is 2.23. The summed E-state index contributed by atoms with van der Waals surface area (Å²) in [4.78, 5) is 19.6. The zero-order valence-electron chi connectivity index (χ0n) is 10.9. The van der Waals surface area contributed by atoms with Crippen molar-refractivity contribution in [2.45, 2.75) is 26.4 Å². The minimum atomic E-state index is -0.926. The summed E-state index contributed by atoms with van der Waals surface area (Å²) in [5.74, 6) is -0.534. The van der Waals surface area contributed by atoms with Gasteiger partial charge < -0.3 is 15.3 Å². The largest absolute Gasteiger partial charge is 0.533 e. The Morgan fingerprint density at radius 2 is 1.89 bits per heavy atom. The molecule has 0 aromatic heterocycles. The Hall–Kier alpha value is -2.31. The lowest BCUT2D eigenvalue weighted by Gasteiger charge is -2.18. The number of carbonyl (C=O) groups excluding carboxylic acids is 1. The first-order valence-electron chi connectivity index (χ1n) is 5.52. The summed E-state index contributed by atoms with van der Waals surface area (Å²) in [6.45, 7) is 5.10. The molecule has 0 radical (unpaired) electrons. The molecular weight excluding hydrogens is 253 g/mol. The number of hydroxylamine groups is 1. The Morgan fingerprint density at radius 1 is 1.32 bits per heavy atom. The van der Waals surface area contributed by atoms with Crippen molar-refractivity contribution >= 4 is 17.8 Å². The summed E-state index contributed by atoms with van der Waals surface area (Å²) in [6, 6.07) is 5.33. The molecule has 7 heteroatoms. The highest BCUT2D eigenvalue weighted by Crippen LogP contribution is 2.11. The molecule has 0 heterocycles. The van der Waals surface area contributed by atoms with Gasteiger partial charge in [0, 0.05) is 0 Å². The molecule has 0 fully saturated rings. The third-order valence-corrected chi connectivity index (χ3v) is 1.70. The number of nitrogens with one attached hydrogen (secondary N) is 1. The fourth-order valence-corrected chi connectivity index (χ4v) is 1.04. The first-order valence-corrected chi connectivity index (χ1v) is 5.52. The van der Waals surface area contributed by atoms with Gasteiger partial charge in [-0.1, -0.05) is 0 Å². The number of carbonyl (C=O) groups is 1. The predicted molar refractivity (Wildman–Crippen MR) is 68.1 cm³/mol. The monoisotopic (exact) mass is 269 g/mol. The number of nitrogens with two attached hydrogens (primary N) is 1. The summed E-state index contributed by atoms with van der Waals surface area (Å²) < 4.78 is 17.5. The van der Waals surface area contributed by atoms with Crippen molar-refractivity contribution in [1.82, 2.24) is 5.48 Å². The molecule has 19 heavy (non-hydrogen) atoms. The second-order valence-corrected chi connectivity index (χ2v) is 4.64. The Morgan fingerprint density at radius 3 is 2.42 bits per heavy atom. The van der Waals surface area contributed by atoms with Gasteiger partial charge in [-0.25, -0.2) is 14.2 Å². The highest BCUT2D eigenvalue weighted by molar-refractivity contribution is 5.81. The normalized spacial score (nSPS) is 11.9. The molecule has 3 N–H and O–H groups in total. The first-order chi connectivity index (χ1) is 8.76. The molecule has 1 rings (SSSR count). The van der Waals surface area contributed by atoms with Crippen LogP contribution in [0.3, 0.4) is 0 Å². The van der Waals surface area contributed by atoms with Gasteiger partial charge in [0.05, 0.1) is 5.69 Å². The van der Waals surface area contributed by atoms with Gasteiger partial charge in [-0.2, -0.15) is 5.48 Å². The number of hydrogen-bond donors (Lipinski definition) is 2. The zero-order valence-corrected chi connectivity index (χ0v) is 10.9. The number of rotatable bonds is 1. The van der Waals surface area contributed by atoms with Crippen LogP contribution in [0.2, 0.25) is 0 Å². The first kappa shape index (κ1) is 14.7. The maximum atomic E-state index is 12.7. The van der Waals surface area contributed by atoms with Crippen LogP contribution in [-0.4, -0.2) is 17.7 Å². The maximum Gasteiger partial charge on any atom is 0.533 e. The Labute approximate surface area is 110 Å². The van der Waals surface area contributed by atoms with Gasteiger partial charge in [0.2, 0.25) is 5.96 Å². The molecule has 104 valence electrons. The Kier molecular flexibility index (Phi) is 4.68. The van der Waals surface area contributed by atoms with Gasteiger partial charge in [-0.15, -0.1) is 0 Å². The topological polar surface area (TPSA) is 85.9 Å². The fraction of sp³-hybridized carbons (Fsp3) is 0.333. The number of hydrogen-bond acceptors (Lipinski definition) is 4. The Bertz CT molecular complexity index is 466. The van der Waals surface area contributed by atoms with E-state index in [0.29, 0.717) is 5.69 Å². The maximum absolute atomic E-state index is 12.7. The molecule has 0 bridgehead atoms. The van der Waals surface area contributed by atoms with Crippen LogP contribution >= 0.6 is 0 Å². The van der Waals surface area contributed by atoms with Crippen LogP contribution in [0.15, 0.2) is 29.3 Å². The molecule has 0 saturated heterocycles. The van der Waals surface area contributed by atoms with Gasteiger partial charge in [0.1, 0.15) is 11.4 Å². The van der Waals surface area contributed by atoms with Gasteiger partial charge in [0.15, 0.2) is 0 Å². The van der Waals surface area contributed by atoms with Crippen molar-refractivity contribution in [3.05, 3.63) is 30.1 Å². The minimum absolute atomic E-state index is 0.155. The minimum Gasteiger partial charge on any atom is -0.427 e. The highest BCUT2D eigenvalue weighted by atomic mass is 19.1. The summed E-state index contributed by atoms with van der Waals surface area (Å²) in [5.41, 5.74) is 7.35. The van der Waals surface area contributed by atoms with Crippen LogP contribution in [0.4, 0.5) is 14.9 Å². The van der Waals surface area contributed by atoms with Crippen molar-refractivity contribution in [2.75, 3.05) is 0 Å². The SMILES string of the molecule is CC(C)(C)OC(=O)ONC(N)=Nc1ccc(F)cc1. The number of benzene rings is 1. The van der Waals surface area contributed by atoms with Crippen LogP contribution in [0.1, 0.15) is 20.8 Å². The van der Waals surface area contributed by atoms with E-state index in [1.165, 1.54) is 24.3 Å².